The van der Waals surface area contributed by atoms with E-state index in [0.29, 0.717) is 11.2 Å². The molecule has 1 N–H and O–H groups in total. The number of hydroxylamine groups is 1. The zero-order valence-corrected chi connectivity index (χ0v) is 22.4. The zero-order valence-electron chi connectivity index (χ0n) is 20.7. The lowest BCUT2D eigenvalue weighted by atomic mass is 9.71. The van der Waals surface area contributed by atoms with Crippen LogP contribution in [0.15, 0.2) is 23.3 Å². The second-order valence-electron chi connectivity index (χ2n) is 10.1. The molecular weight excluding hydrogens is 417 g/mol. The van der Waals surface area contributed by atoms with Gasteiger partial charge in [-0.2, -0.15) is 5.48 Å². The van der Waals surface area contributed by atoms with Crippen molar-refractivity contribution >= 4 is 19.7 Å². The van der Waals surface area contributed by atoms with Crippen molar-refractivity contribution in [2.24, 2.45) is 17.8 Å². The Balaban J connectivity index is 1.60. The highest BCUT2D eigenvalue weighted by Crippen LogP contribution is 2.53. The quantitative estimate of drug-likeness (QED) is 0.231. The molecule has 0 bridgehead atoms. The number of unbranched alkanes of at least 4 members (excludes halogenated alkanes) is 1. The van der Waals surface area contributed by atoms with E-state index >= 15 is 0 Å². The van der Waals surface area contributed by atoms with Crippen LogP contribution in [0.1, 0.15) is 98.3 Å². The molecule has 1 heterocycles. The number of allylic oxidation sites excluding steroid dienone is 4. The van der Waals surface area contributed by atoms with Gasteiger partial charge in [-0.1, -0.05) is 72.1 Å². The molecule has 2 aliphatic carbocycles. The molecule has 0 aromatic heterocycles. The summed E-state index contributed by atoms with van der Waals surface area (Å²) in [5, 5.41) is 0.429. The summed E-state index contributed by atoms with van der Waals surface area (Å²) < 4.78 is 0. The van der Waals surface area contributed by atoms with Crippen molar-refractivity contribution in [3.63, 3.8) is 0 Å². The lowest BCUT2D eigenvalue weighted by Crippen LogP contribution is -2.44. The second-order valence-corrected chi connectivity index (χ2v) is 14.2. The molecule has 2 nitrogen and oxygen atoms in total. The van der Waals surface area contributed by atoms with Gasteiger partial charge in [0, 0.05) is 11.8 Å². The first-order valence-corrected chi connectivity index (χ1v) is 16.1. The van der Waals surface area contributed by atoms with Crippen molar-refractivity contribution < 1.29 is 4.84 Å². The highest BCUT2D eigenvalue weighted by atomic mass is 32.2. The molecule has 4 atom stereocenters. The van der Waals surface area contributed by atoms with Crippen LogP contribution in [0, 0.1) is 17.8 Å². The van der Waals surface area contributed by atoms with Crippen molar-refractivity contribution in [3.05, 3.63) is 23.3 Å². The Kier molecular flexibility index (Phi) is 11.5. The SMILES string of the molecule is CCCCC(CC)C(NOC1SCCP1CCC)C1CCC(C2=CCCC(C)=C2)CC1. The standard InChI is InChI=1S/C27H48NOPS/c1-5-8-11-22(7-3)26(28-29-27-30(17-6-2)18-19-31-27)24-15-13-23(14-16-24)25-12-9-10-21(4)20-25/h12,20,22-24,26-28H,5-11,13-19H2,1-4H3. The number of hydrogen-bond donors (Lipinski definition) is 1. The van der Waals surface area contributed by atoms with Crippen LogP contribution in [0.25, 0.3) is 0 Å². The molecule has 0 aromatic rings. The van der Waals surface area contributed by atoms with Crippen LogP contribution in [-0.4, -0.2) is 29.3 Å². The average molecular weight is 466 g/mol. The minimum atomic E-state index is 0.0527. The summed E-state index contributed by atoms with van der Waals surface area (Å²) in [5.74, 6) is 3.62. The van der Waals surface area contributed by atoms with Gasteiger partial charge in [-0.25, -0.2) is 0 Å². The van der Waals surface area contributed by atoms with E-state index in [1.54, 1.807) is 11.1 Å². The highest BCUT2D eigenvalue weighted by molar-refractivity contribution is 8.07. The summed E-state index contributed by atoms with van der Waals surface area (Å²) in [6.45, 7) is 9.37. The molecule has 1 aliphatic heterocycles. The molecule has 0 amide bonds. The summed E-state index contributed by atoms with van der Waals surface area (Å²) in [6, 6.07) is 0.537. The number of nitrogens with one attached hydrogen (secondary N) is 1. The smallest absolute Gasteiger partial charge is 0.143 e. The van der Waals surface area contributed by atoms with Crippen molar-refractivity contribution in [3.8, 4) is 0 Å². The molecular formula is C27H48NOPS. The molecule has 4 heteroatoms. The molecule has 31 heavy (non-hydrogen) atoms. The molecule has 3 aliphatic rings. The van der Waals surface area contributed by atoms with Gasteiger partial charge in [0.25, 0.3) is 0 Å². The van der Waals surface area contributed by atoms with Crippen molar-refractivity contribution in [2.45, 2.75) is 110 Å². The van der Waals surface area contributed by atoms with E-state index in [4.69, 9.17) is 4.84 Å². The fourth-order valence-corrected chi connectivity index (χ4v) is 10.8. The fraction of sp³-hybridized carbons (Fsp3) is 0.852. The first-order valence-electron chi connectivity index (χ1n) is 13.3. The van der Waals surface area contributed by atoms with Crippen LogP contribution in [0.2, 0.25) is 0 Å². The fourth-order valence-electron chi connectivity index (χ4n) is 5.89. The summed E-state index contributed by atoms with van der Waals surface area (Å²) in [5.41, 5.74) is 6.98. The maximum absolute atomic E-state index is 6.52. The summed E-state index contributed by atoms with van der Waals surface area (Å²) >= 11 is 2.07. The van der Waals surface area contributed by atoms with Gasteiger partial charge < -0.3 is 0 Å². The Morgan fingerprint density at radius 2 is 1.97 bits per heavy atom. The molecule has 3 rings (SSSR count). The number of rotatable bonds is 12. The molecule has 1 saturated carbocycles. The minimum absolute atomic E-state index is 0.0527. The van der Waals surface area contributed by atoms with E-state index in [9.17, 15) is 0 Å². The maximum Gasteiger partial charge on any atom is 0.143 e. The Hall–Kier alpha value is 0.180. The predicted molar refractivity (Wildman–Crippen MR) is 141 cm³/mol. The van der Waals surface area contributed by atoms with Gasteiger partial charge in [-0.3, -0.25) is 4.84 Å². The maximum atomic E-state index is 6.52. The molecule has 4 unspecified atom stereocenters. The lowest BCUT2D eigenvalue weighted by Gasteiger charge is -2.39. The van der Waals surface area contributed by atoms with Gasteiger partial charge in [0.15, 0.2) is 0 Å². The minimum Gasteiger partial charge on any atom is -0.283 e. The van der Waals surface area contributed by atoms with Crippen molar-refractivity contribution in [1.82, 2.24) is 5.48 Å². The summed E-state index contributed by atoms with van der Waals surface area (Å²) in [6.07, 6.45) is 22.3. The summed E-state index contributed by atoms with van der Waals surface area (Å²) in [4.78, 5) is 6.52. The van der Waals surface area contributed by atoms with E-state index in [1.807, 2.05) is 0 Å². The Morgan fingerprint density at radius 1 is 1.16 bits per heavy atom. The van der Waals surface area contributed by atoms with Crippen LogP contribution in [-0.2, 0) is 4.84 Å². The zero-order chi connectivity index (χ0) is 22.1. The lowest BCUT2D eigenvalue weighted by molar-refractivity contribution is -0.0137. The average Bonchev–Trinajstić information content (AvgIpc) is 3.23. The molecule has 0 spiro atoms. The van der Waals surface area contributed by atoms with Gasteiger partial charge in [-0.05, 0) is 87.5 Å². The summed E-state index contributed by atoms with van der Waals surface area (Å²) in [7, 11) is 0.0527. The van der Waals surface area contributed by atoms with Gasteiger partial charge in [0.2, 0.25) is 0 Å². The van der Waals surface area contributed by atoms with Crippen LogP contribution < -0.4 is 5.48 Å². The van der Waals surface area contributed by atoms with Crippen LogP contribution in [0.3, 0.4) is 0 Å². The highest BCUT2D eigenvalue weighted by Gasteiger charge is 2.35. The third kappa shape index (κ3) is 7.59. The molecule has 2 fully saturated rings. The molecule has 0 radical (unpaired) electrons. The van der Waals surface area contributed by atoms with Crippen molar-refractivity contribution in [2.75, 3.05) is 18.1 Å². The topological polar surface area (TPSA) is 21.3 Å². The van der Waals surface area contributed by atoms with Gasteiger partial charge >= 0.3 is 0 Å². The predicted octanol–water partition coefficient (Wildman–Crippen LogP) is 8.49. The molecule has 0 aromatic carbocycles. The van der Waals surface area contributed by atoms with E-state index in [1.165, 1.54) is 88.7 Å². The van der Waals surface area contributed by atoms with E-state index in [-0.39, 0.29) is 7.92 Å². The first kappa shape index (κ1) is 25.8. The second kappa shape index (κ2) is 13.8. The third-order valence-electron chi connectivity index (χ3n) is 7.80. The monoisotopic (exact) mass is 465 g/mol. The van der Waals surface area contributed by atoms with Crippen molar-refractivity contribution in [1.29, 1.82) is 0 Å². The largest absolute Gasteiger partial charge is 0.283 e. The Labute approximate surface area is 198 Å². The third-order valence-corrected chi connectivity index (χ3v) is 12.8. The normalized spacial score (nSPS) is 31.2. The van der Waals surface area contributed by atoms with E-state index in [0.717, 1.165) is 17.8 Å². The van der Waals surface area contributed by atoms with E-state index < -0.39 is 0 Å². The Bertz CT molecular complexity index is 584. The molecule has 178 valence electrons. The number of hydrogen-bond acceptors (Lipinski definition) is 3. The Morgan fingerprint density at radius 3 is 2.65 bits per heavy atom. The van der Waals surface area contributed by atoms with Gasteiger partial charge in [0.05, 0.1) is 0 Å². The van der Waals surface area contributed by atoms with Crippen LogP contribution in [0.5, 0.6) is 0 Å². The van der Waals surface area contributed by atoms with Gasteiger partial charge in [-0.15, -0.1) is 11.8 Å². The van der Waals surface area contributed by atoms with Crippen LogP contribution >= 0.6 is 19.7 Å². The first-order chi connectivity index (χ1) is 15.2. The van der Waals surface area contributed by atoms with Crippen LogP contribution in [0.4, 0.5) is 0 Å². The van der Waals surface area contributed by atoms with E-state index in [2.05, 4.69) is 57.1 Å². The molecule has 1 saturated heterocycles. The number of thioether (sulfide) groups is 1. The van der Waals surface area contributed by atoms with Gasteiger partial charge in [0.1, 0.15) is 5.18 Å².